The molecule has 8 heteroatoms. The molecule has 2 saturated heterocycles. The van der Waals surface area contributed by atoms with Crippen LogP contribution in [0.25, 0.3) is 11.1 Å². The van der Waals surface area contributed by atoms with Crippen molar-refractivity contribution >= 4 is 6.09 Å². The summed E-state index contributed by atoms with van der Waals surface area (Å²) in [4.78, 5) is 14.2. The molecule has 3 aromatic rings. The molecule has 2 heterocycles. The minimum atomic E-state index is -0.497. The van der Waals surface area contributed by atoms with Gasteiger partial charge in [-0.15, -0.1) is 0 Å². The van der Waals surface area contributed by atoms with Crippen molar-refractivity contribution in [1.82, 2.24) is 10.2 Å². The van der Waals surface area contributed by atoms with Gasteiger partial charge in [-0.1, -0.05) is 79.4 Å². The number of nitrogens with zero attached hydrogens (tertiary/aromatic N) is 1. The fourth-order valence-corrected chi connectivity index (χ4v) is 5.16. The van der Waals surface area contributed by atoms with Crippen LogP contribution in [0.5, 0.6) is 0 Å². The Morgan fingerprint density at radius 2 is 1.73 bits per heavy atom. The zero-order valence-corrected chi connectivity index (χ0v) is 23.2. The molecule has 0 aromatic heterocycles. The molecule has 2 N–H and O–H groups in total. The first-order chi connectivity index (χ1) is 20.1. The number of alkyl carbamates (subject to hydrolysis) is 1. The van der Waals surface area contributed by atoms with Crippen molar-refractivity contribution in [3.63, 3.8) is 0 Å². The summed E-state index contributed by atoms with van der Waals surface area (Å²) in [6.07, 6.45) is 1.22. The lowest BCUT2D eigenvalue weighted by Gasteiger charge is -2.39. The third-order valence-corrected chi connectivity index (χ3v) is 7.39. The molecule has 3 atom stereocenters. The molecule has 2 aliphatic heterocycles. The van der Waals surface area contributed by atoms with Crippen LogP contribution < -0.4 is 5.32 Å². The predicted octanol–water partition coefficient (Wildman–Crippen LogP) is 5.14. The lowest BCUT2D eigenvalue weighted by atomic mass is 9.99. The molecule has 0 spiro atoms. The van der Waals surface area contributed by atoms with Gasteiger partial charge in [0.15, 0.2) is 6.29 Å². The normalized spacial score (nSPS) is 21.2. The first-order valence-electron chi connectivity index (χ1n) is 14.1. The van der Waals surface area contributed by atoms with Crippen LogP contribution in [0.2, 0.25) is 0 Å². The lowest BCUT2D eigenvalue weighted by Crippen LogP contribution is -2.44. The molecule has 0 unspecified atom stereocenters. The molecule has 8 nitrogen and oxygen atoms in total. The fourth-order valence-electron chi connectivity index (χ4n) is 5.16. The average Bonchev–Trinajstić information content (AvgIpc) is 3.03. The maximum atomic E-state index is 11.8. The number of hydrogen-bond donors (Lipinski definition) is 2. The van der Waals surface area contributed by atoms with E-state index >= 15 is 0 Å². The Morgan fingerprint density at radius 3 is 2.46 bits per heavy atom. The van der Waals surface area contributed by atoms with Gasteiger partial charge in [-0.3, -0.25) is 4.90 Å². The van der Waals surface area contributed by atoms with E-state index in [0.717, 1.165) is 72.6 Å². The van der Waals surface area contributed by atoms with Crippen LogP contribution in [0.1, 0.15) is 41.1 Å². The predicted molar refractivity (Wildman–Crippen MR) is 156 cm³/mol. The van der Waals surface area contributed by atoms with Crippen molar-refractivity contribution < 1.29 is 28.8 Å². The second-order valence-electron chi connectivity index (χ2n) is 10.3. The number of aliphatic hydroxyl groups excluding tert-OH is 1. The average molecular weight is 559 g/mol. The van der Waals surface area contributed by atoms with Crippen molar-refractivity contribution in [2.75, 3.05) is 39.5 Å². The number of hydrogen-bond acceptors (Lipinski definition) is 7. The number of morpholine rings is 1. The quantitative estimate of drug-likeness (QED) is 0.333. The molecule has 41 heavy (non-hydrogen) atoms. The third kappa shape index (κ3) is 8.03. The first kappa shape index (κ1) is 29.0. The van der Waals surface area contributed by atoms with Crippen molar-refractivity contribution in [1.29, 1.82) is 0 Å². The largest absolute Gasteiger partial charge is 0.445 e. The molecular weight excluding hydrogens is 520 g/mol. The minimum absolute atomic E-state index is 0.0106. The van der Waals surface area contributed by atoms with E-state index in [2.05, 4.69) is 47.1 Å². The van der Waals surface area contributed by atoms with E-state index in [9.17, 15) is 9.90 Å². The highest BCUT2D eigenvalue weighted by Crippen LogP contribution is 2.38. The van der Waals surface area contributed by atoms with Crippen molar-refractivity contribution in [3.8, 4) is 11.1 Å². The van der Waals surface area contributed by atoms with Gasteiger partial charge < -0.3 is 29.4 Å². The zero-order chi connectivity index (χ0) is 28.4. The van der Waals surface area contributed by atoms with Crippen LogP contribution in [0.4, 0.5) is 4.79 Å². The van der Waals surface area contributed by atoms with Gasteiger partial charge in [0.1, 0.15) is 6.61 Å². The molecule has 1 amide bonds. The first-order valence-corrected chi connectivity index (χ1v) is 14.1. The summed E-state index contributed by atoms with van der Waals surface area (Å²) in [5.41, 5.74) is 6.00. The van der Waals surface area contributed by atoms with E-state index in [4.69, 9.17) is 18.9 Å². The van der Waals surface area contributed by atoms with Gasteiger partial charge in [0, 0.05) is 38.2 Å². The number of aliphatic hydroxyl groups is 1. The monoisotopic (exact) mass is 558 g/mol. The molecule has 0 radical (unpaired) electrons. The molecule has 0 aliphatic carbocycles. The summed E-state index contributed by atoms with van der Waals surface area (Å²) >= 11 is 0. The fraction of sp³-hybridized carbons (Fsp3) is 0.364. The molecule has 5 rings (SSSR count). The molecule has 0 saturated carbocycles. The second kappa shape index (κ2) is 14.4. The SMILES string of the molecule is C=CCOC(=O)NCc1cccc(-c2ccc([C@H]3O[C@@H](CN4CCOCC4)C[C@@H](c4ccc(CO)cc4)O3)cc2)c1. The standard InChI is InChI=1S/C33H38N2O6/c1-2-16-39-33(37)34-21-25-4-3-5-29(19-25)26-10-12-28(13-11-26)32-40-30(22-35-14-17-38-18-15-35)20-31(41-32)27-8-6-24(23-36)7-9-27/h2-13,19,30-32,36H,1,14-18,20-23H2,(H,34,37)/t30-,31+,32+/m1/s1. The number of ether oxygens (including phenoxy) is 4. The minimum Gasteiger partial charge on any atom is -0.445 e. The van der Waals surface area contributed by atoms with E-state index in [1.165, 1.54) is 6.08 Å². The number of rotatable bonds is 10. The third-order valence-electron chi connectivity index (χ3n) is 7.39. The lowest BCUT2D eigenvalue weighted by molar-refractivity contribution is -0.253. The second-order valence-corrected chi connectivity index (χ2v) is 10.3. The summed E-state index contributed by atoms with van der Waals surface area (Å²) in [6.45, 7) is 8.25. The van der Waals surface area contributed by atoms with Crippen molar-refractivity contribution in [2.45, 2.75) is 38.1 Å². The topological polar surface area (TPSA) is 89.5 Å². The summed E-state index contributed by atoms with van der Waals surface area (Å²) in [5.74, 6) is 0. The number of carbonyl (C=O) groups excluding carboxylic acids is 1. The van der Waals surface area contributed by atoms with E-state index in [1.54, 1.807) is 0 Å². The van der Waals surface area contributed by atoms with Crippen molar-refractivity contribution in [3.05, 3.63) is 108 Å². The summed E-state index contributed by atoms with van der Waals surface area (Å²) in [7, 11) is 0. The van der Waals surface area contributed by atoms with Crippen LogP contribution in [-0.2, 0) is 32.1 Å². The smallest absolute Gasteiger partial charge is 0.407 e. The van der Waals surface area contributed by atoms with Gasteiger partial charge >= 0.3 is 6.09 Å². The highest BCUT2D eigenvalue weighted by atomic mass is 16.7. The number of benzene rings is 3. The highest BCUT2D eigenvalue weighted by molar-refractivity contribution is 5.68. The zero-order valence-electron chi connectivity index (χ0n) is 23.2. The number of carbonyl (C=O) groups is 1. The van der Waals surface area contributed by atoms with E-state index in [-0.39, 0.29) is 25.4 Å². The number of nitrogens with one attached hydrogen (secondary N) is 1. The highest BCUT2D eigenvalue weighted by Gasteiger charge is 2.33. The summed E-state index contributed by atoms with van der Waals surface area (Å²) in [6, 6.07) is 24.3. The van der Waals surface area contributed by atoms with Gasteiger partial charge in [-0.2, -0.15) is 0 Å². The number of amides is 1. The Kier molecular flexibility index (Phi) is 10.2. The van der Waals surface area contributed by atoms with Gasteiger partial charge in [0.05, 0.1) is 32.0 Å². The summed E-state index contributed by atoms with van der Waals surface area (Å²) in [5, 5.41) is 12.2. The molecule has 3 aromatic carbocycles. The van der Waals surface area contributed by atoms with Gasteiger partial charge in [0.2, 0.25) is 0 Å². The van der Waals surface area contributed by atoms with Crippen LogP contribution >= 0.6 is 0 Å². The Morgan fingerprint density at radius 1 is 0.976 bits per heavy atom. The Bertz CT molecular complexity index is 1270. The van der Waals surface area contributed by atoms with Gasteiger partial charge in [-0.25, -0.2) is 4.79 Å². The Balaban J connectivity index is 1.29. The van der Waals surface area contributed by atoms with Crippen molar-refractivity contribution in [2.24, 2.45) is 0 Å². The Hall–Kier alpha value is -3.53. The van der Waals surface area contributed by atoms with Crippen LogP contribution in [0.3, 0.4) is 0 Å². The molecule has 2 aliphatic rings. The van der Waals surface area contributed by atoms with Gasteiger partial charge in [0.25, 0.3) is 0 Å². The van der Waals surface area contributed by atoms with Crippen LogP contribution in [0.15, 0.2) is 85.5 Å². The molecule has 216 valence electrons. The molecule has 0 bridgehead atoms. The summed E-state index contributed by atoms with van der Waals surface area (Å²) < 4.78 is 23.5. The van der Waals surface area contributed by atoms with Crippen LogP contribution in [-0.4, -0.2) is 61.7 Å². The molecule has 2 fully saturated rings. The van der Waals surface area contributed by atoms with Crippen LogP contribution in [0, 0.1) is 0 Å². The molecular formula is C33H38N2O6. The van der Waals surface area contributed by atoms with Gasteiger partial charge in [-0.05, 0) is 33.9 Å². The maximum absolute atomic E-state index is 11.8. The Labute approximate surface area is 241 Å². The maximum Gasteiger partial charge on any atom is 0.407 e. The van der Waals surface area contributed by atoms with E-state index in [1.807, 2.05) is 42.5 Å². The van der Waals surface area contributed by atoms with E-state index in [0.29, 0.717) is 6.54 Å². The van der Waals surface area contributed by atoms with E-state index < -0.39 is 12.4 Å².